The van der Waals surface area contributed by atoms with Gasteiger partial charge in [-0.1, -0.05) is 6.07 Å². The van der Waals surface area contributed by atoms with Gasteiger partial charge in [-0.15, -0.1) is 0 Å². The highest BCUT2D eigenvalue weighted by molar-refractivity contribution is 6.05. The Balaban J connectivity index is 1.54. The second kappa shape index (κ2) is 10.1. The monoisotopic (exact) mass is 457 g/mol. The molecule has 0 saturated carbocycles. The molecule has 2 aromatic carbocycles. The maximum atomic E-state index is 13.1. The van der Waals surface area contributed by atoms with Crippen LogP contribution in [0, 0.1) is 13.8 Å². The van der Waals surface area contributed by atoms with Crippen LogP contribution in [0.5, 0.6) is 23.0 Å². The molecule has 0 radical (unpaired) electrons. The number of aryl methyl sites for hydroxylation is 1. The first-order valence-corrected chi connectivity index (χ1v) is 10.9. The number of hydrogen-bond donors (Lipinski definition) is 1. The molecule has 0 atom stereocenters. The molecule has 1 N–H and O–H groups in total. The summed E-state index contributed by atoms with van der Waals surface area (Å²) in [5.41, 5.74) is 4.02. The van der Waals surface area contributed by atoms with Crippen molar-refractivity contribution in [2.45, 2.75) is 20.4 Å². The molecule has 0 spiro atoms. The van der Waals surface area contributed by atoms with E-state index in [1.54, 1.807) is 50.7 Å². The third kappa shape index (κ3) is 5.04. The fraction of sp³-hybridized carbons (Fsp3) is 0.185. The number of hydrogen-bond acceptors (Lipinski definition) is 5. The number of nitrogens with zero attached hydrogens (tertiary/aromatic N) is 2. The summed E-state index contributed by atoms with van der Waals surface area (Å²) in [7, 11) is 3.19. The van der Waals surface area contributed by atoms with Crippen LogP contribution >= 0.6 is 0 Å². The average molecular weight is 458 g/mol. The molecule has 0 fully saturated rings. The molecule has 7 heteroatoms. The van der Waals surface area contributed by atoms with Gasteiger partial charge >= 0.3 is 0 Å². The van der Waals surface area contributed by atoms with Gasteiger partial charge in [0.1, 0.15) is 11.5 Å². The van der Waals surface area contributed by atoms with E-state index < -0.39 is 0 Å². The van der Waals surface area contributed by atoms with Crippen molar-refractivity contribution in [1.29, 1.82) is 0 Å². The van der Waals surface area contributed by atoms with Gasteiger partial charge in [-0.3, -0.25) is 9.78 Å². The largest absolute Gasteiger partial charge is 0.497 e. The number of nitrogens with one attached hydrogen (secondary N) is 1. The van der Waals surface area contributed by atoms with Crippen molar-refractivity contribution in [2.75, 3.05) is 19.5 Å². The lowest BCUT2D eigenvalue weighted by atomic mass is 10.2. The second-order valence-electron chi connectivity index (χ2n) is 7.79. The molecular formula is C27H27N3O4. The number of aromatic nitrogens is 2. The predicted octanol–water partition coefficient (Wildman–Crippen LogP) is 5.61. The predicted molar refractivity (Wildman–Crippen MR) is 131 cm³/mol. The molecule has 0 unspecified atom stereocenters. The third-order valence-corrected chi connectivity index (χ3v) is 5.57. The van der Waals surface area contributed by atoms with Crippen LogP contribution in [0.3, 0.4) is 0 Å². The van der Waals surface area contributed by atoms with Crippen molar-refractivity contribution >= 4 is 11.6 Å². The molecule has 7 nitrogen and oxygen atoms in total. The van der Waals surface area contributed by atoms with E-state index in [9.17, 15) is 4.79 Å². The molecule has 0 saturated heterocycles. The maximum Gasteiger partial charge on any atom is 0.257 e. The Bertz CT molecular complexity index is 1280. The van der Waals surface area contributed by atoms with Crippen molar-refractivity contribution in [1.82, 2.24) is 9.55 Å². The van der Waals surface area contributed by atoms with Gasteiger partial charge in [0, 0.05) is 29.3 Å². The molecule has 2 heterocycles. The van der Waals surface area contributed by atoms with Gasteiger partial charge in [0.2, 0.25) is 0 Å². The summed E-state index contributed by atoms with van der Waals surface area (Å²) in [4.78, 5) is 17.5. The topological polar surface area (TPSA) is 74.6 Å². The molecule has 0 aliphatic carbocycles. The third-order valence-electron chi connectivity index (χ3n) is 5.57. The normalized spacial score (nSPS) is 10.6. The number of amides is 1. The van der Waals surface area contributed by atoms with Gasteiger partial charge in [0.25, 0.3) is 5.91 Å². The van der Waals surface area contributed by atoms with Crippen LogP contribution in [-0.4, -0.2) is 29.7 Å². The zero-order chi connectivity index (χ0) is 24.1. The van der Waals surface area contributed by atoms with Gasteiger partial charge < -0.3 is 24.1 Å². The van der Waals surface area contributed by atoms with E-state index in [2.05, 4.69) is 14.9 Å². The van der Waals surface area contributed by atoms with Crippen molar-refractivity contribution in [3.63, 3.8) is 0 Å². The molecule has 34 heavy (non-hydrogen) atoms. The first-order valence-electron chi connectivity index (χ1n) is 10.9. The zero-order valence-corrected chi connectivity index (χ0v) is 19.7. The quantitative estimate of drug-likeness (QED) is 0.372. The number of carbonyl (C=O) groups is 1. The first-order chi connectivity index (χ1) is 16.5. The minimum atomic E-state index is -0.194. The standard InChI is InChI=1S/C27H27N3O4/c1-18-15-24(19(2)30(18)17-21-7-5-6-14-28-21)27(31)29-20-8-13-25(33-4)26(16-20)34-23-11-9-22(32-3)10-12-23/h5-16H,17H2,1-4H3,(H,29,31). The molecule has 1 amide bonds. The Kier molecular flexibility index (Phi) is 6.82. The summed E-state index contributed by atoms with van der Waals surface area (Å²) in [6.07, 6.45) is 1.77. The van der Waals surface area contributed by atoms with Gasteiger partial charge in [0.15, 0.2) is 11.5 Å². The van der Waals surface area contributed by atoms with Crippen LogP contribution in [0.25, 0.3) is 0 Å². The molecule has 0 aliphatic heterocycles. The number of rotatable bonds is 8. The molecule has 0 bridgehead atoms. The number of methoxy groups -OCH3 is 2. The molecule has 2 aromatic heterocycles. The molecule has 174 valence electrons. The molecule has 4 aromatic rings. The summed E-state index contributed by atoms with van der Waals surface area (Å²) in [6, 6.07) is 20.2. The zero-order valence-electron chi connectivity index (χ0n) is 19.7. The van der Waals surface area contributed by atoms with Crippen molar-refractivity contribution in [2.24, 2.45) is 0 Å². The molecule has 0 aliphatic rings. The minimum Gasteiger partial charge on any atom is -0.497 e. The SMILES string of the molecule is COc1ccc(Oc2cc(NC(=O)c3cc(C)n(Cc4ccccn4)c3C)ccc2OC)cc1. The van der Waals surface area contributed by atoms with E-state index in [-0.39, 0.29) is 5.91 Å². The van der Waals surface area contributed by atoms with Crippen LogP contribution in [-0.2, 0) is 6.54 Å². The smallest absolute Gasteiger partial charge is 0.257 e. The van der Waals surface area contributed by atoms with Gasteiger partial charge in [-0.25, -0.2) is 0 Å². The van der Waals surface area contributed by atoms with Crippen LogP contribution < -0.4 is 19.5 Å². The van der Waals surface area contributed by atoms with Crippen molar-refractivity contribution in [3.8, 4) is 23.0 Å². The number of carbonyl (C=O) groups excluding carboxylic acids is 1. The van der Waals surface area contributed by atoms with Gasteiger partial charge in [-0.2, -0.15) is 0 Å². The van der Waals surface area contributed by atoms with Crippen LogP contribution in [0.1, 0.15) is 27.4 Å². The van der Waals surface area contributed by atoms with E-state index in [0.717, 1.165) is 22.8 Å². The fourth-order valence-electron chi connectivity index (χ4n) is 3.73. The Morgan fingerprint density at radius 2 is 1.68 bits per heavy atom. The fourth-order valence-corrected chi connectivity index (χ4v) is 3.73. The molecule has 4 rings (SSSR count). The Morgan fingerprint density at radius 3 is 2.35 bits per heavy atom. The Hall–Kier alpha value is -4.26. The maximum absolute atomic E-state index is 13.1. The van der Waals surface area contributed by atoms with Crippen LogP contribution in [0.4, 0.5) is 5.69 Å². The highest BCUT2D eigenvalue weighted by Gasteiger charge is 2.17. The Morgan fingerprint density at radius 1 is 0.912 bits per heavy atom. The van der Waals surface area contributed by atoms with E-state index in [1.807, 2.05) is 50.2 Å². The first kappa shape index (κ1) is 22.9. The van der Waals surface area contributed by atoms with Crippen molar-refractivity contribution < 1.29 is 19.0 Å². The van der Waals surface area contributed by atoms with Gasteiger partial charge in [-0.05, 0) is 68.4 Å². The van der Waals surface area contributed by atoms with Crippen molar-refractivity contribution in [3.05, 3.63) is 95.6 Å². The van der Waals surface area contributed by atoms with Gasteiger partial charge in [0.05, 0.1) is 32.0 Å². The number of pyridine rings is 1. The number of benzene rings is 2. The van der Waals surface area contributed by atoms with E-state index >= 15 is 0 Å². The summed E-state index contributed by atoms with van der Waals surface area (Å²) in [6.45, 7) is 4.53. The lowest BCUT2D eigenvalue weighted by molar-refractivity contribution is 0.102. The van der Waals surface area contributed by atoms with E-state index in [1.165, 1.54) is 0 Å². The Labute approximate surface area is 198 Å². The van der Waals surface area contributed by atoms with E-state index in [0.29, 0.717) is 35.0 Å². The summed E-state index contributed by atoms with van der Waals surface area (Å²) in [5, 5.41) is 2.98. The lowest BCUT2D eigenvalue weighted by Gasteiger charge is -2.13. The summed E-state index contributed by atoms with van der Waals surface area (Å²) >= 11 is 0. The lowest BCUT2D eigenvalue weighted by Crippen LogP contribution is -2.14. The van der Waals surface area contributed by atoms with E-state index in [4.69, 9.17) is 14.2 Å². The number of ether oxygens (including phenoxy) is 3. The highest BCUT2D eigenvalue weighted by Crippen LogP contribution is 2.35. The number of anilines is 1. The summed E-state index contributed by atoms with van der Waals surface area (Å²) in [5.74, 6) is 2.22. The highest BCUT2D eigenvalue weighted by atomic mass is 16.5. The van der Waals surface area contributed by atoms with Crippen LogP contribution in [0.2, 0.25) is 0 Å². The summed E-state index contributed by atoms with van der Waals surface area (Å²) < 4.78 is 18.7. The van der Waals surface area contributed by atoms with Crippen LogP contribution in [0.15, 0.2) is 72.9 Å². The molecular weight excluding hydrogens is 430 g/mol. The average Bonchev–Trinajstić information content (AvgIpc) is 3.14. The minimum absolute atomic E-state index is 0.194. The second-order valence-corrected chi connectivity index (χ2v) is 7.79.